The van der Waals surface area contributed by atoms with Crippen molar-refractivity contribution >= 4 is 5.78 Å². The van der Waals surface area contributed by atoms with Gasteiger partial charge in [0, 0.05) is 25.4 Å². The second kappa shape index (κ2) is 6.40. The minimum absolute atomic E-state index is 0.0297. The first-order valence-corrected chi connectivity index (χ1v) is 14.7. The quantitative estimate of drug-likeness (QED) is 0.417. The van der Waals surface area contributed by atoms with Gasteiger partial charge in [-0.1, -0.05) is 34.6 Å². The highest BCUT2D eigenvalue weighted by Crippen LogP contribution is 2.89. The van der Waals surface area contributed by atoms with E-state index in [2.05, 4.69) is 48.5 Å². The lowest BCUT2D eigenvalue weighted by Gasteiger charge is -2.62. The number of carbonyl (C=O) groups is 1. The largest absolute Gasteiger partial charge is 0.361 e. The molecule has 35 heavy (non-hydrogen) atoms. The molecule has 0 aromatic carbocycles. The molecule has 0 N–H and O–H groups in total. The summed E-state index contributed by atoms with van der Waals surface area (Å²) in [5, 5.41) is 0. The van der Waals surface area contributed by atoms with E-state index >= 15 is 0 Å². The Balaban J connectivity index is 1.24. The van der Waals surface area contributed by atoms with Gasteiger partial charge in [-0.3, -0.25) is 4.79 Å². The number of fused-ring (bicyclic) bond motifs is 4. The van der Waals surface area contributed by atoms with Gasteiger partial charge in [0.25, 0.3) is 0 Å². The van der Waals surface area contributed by atoms with Crippen molar-refractivity contribution in [3.8, 4) is 0 Å². The van der Waals surface area contributed by atoms with Crippen LogP contribution in [0.3, 0.4) is 0 Å². The molecule has 2 saturated heterocycles. The third kappa shape index (κ3) is 2.46. The highest BCUT2D eigenvalue weighted by molar-refractivity contribution is 5.86. The van der Waals surface area contributed by atoms with Gasteiger partial charge in [-0.05, 0) is 104 Å². The van der Waals surface area contributed by atoms with E-state index in [0.29, 0.717) is 45.2 Å². The van der Waals surface area contributed by atoms with Crippen LogP contribution in [-0.2, 0) is 19.0 Å². The smallest absolute Gasteiger partial charge is 0.197 e. The molecule has 7 aliphatic rings. The molecule has 0 radical (unpaired) electrons. The first-order valence-electron chi connectivity index (χ1n) is 14.7. The summed E-state index contributed by atoms with van der Waals surface area (Å²) in [4.78, 5) is 12.9. The van der Waals surface area contributed by atoms with Gasteiger partial charge in [0.15, 0.2) is 5.79 Å². The van der Waals surface area contributed by atoms with Crippen LogP contribution in [0.4, 0.5) is 0 Å². The highest BCUT2D eigenvalue weighted by atomic mass is 16.7. The van der Waals surface area contributed by atoms with Gasteiger partial charge < -0.3 is 14.2 Å². The lowest BCUT2D eigenvalue weighted by molar-refractivity contribution is -0.301. The zero-order chi connectivity index (χ0) is 25.0. The third-order valence-corrected chi connectivity index (χ3v) is 14.2. The Kier molecular flexibility index (Phi) is 4.32. The Morgan fingerprint density at radius 2 is 1.51 bits per heavy atom. The molecule has 7 fully saturated rings. The topological polar surface area (TPSA) is 48.1 Å². The Morgan fingerprint density at radius 1 is 0.857 bits per heavy atom. The van der Waals surface area contributed by atoms with Gasteiger partial charge in [0.2, 0.25) is 0 Å². The van der Waals surface area contributed by atoms with Gasteiger partial charge in [-0.15, -0.1) is 0 Å². The Labute approximate surface area is 212 Å². The van der Waals surface area contributed by atoms with Gasteiger partial charge in [-0.2, -0.15) is 0 Å². The Morgan fingerprint density at radius 3 is 2.17 bits per heavy atom. The normalized spacial score (nSPS) is 61.1. The van der Waals surface area contributed by atoms with Crippen LogP contribution in [0.1, 0.15) is 106 Å². The summed E-state index contributed by atoms with van der Waals surface area (Å²) in [5.74, 6) is 2.43. The van der Waals surface area contributed by atoms with Crippen LogP contribution in [0.5, 0.6) is 0 Å². The molecular weight excluding hydrogens is 436 g/mol. The third-order valence-electron chi connectivity index (χ3n) is 14.2. The van der Waals surface area contributed by atoms with E-state index < -0.39 is 5.79 Å². The van der Waals surface area contributed by atoms with Crippen molar-refractivity contribution in [2.75, 3.05) is 7.11 Å². The maximum atomic E-state index is 12.9. The number of methoxy groups -OCH3 is 1. The number of carbonyl (C=O) groups excluding carboxylic acids is 1. The van der Waals surface area contributed by atoms with E-state index in [-0.39, 0.29) is 23.2 Å². The predicted molar refractivity (Wildman–Crippen MR) is 135 cm³/mol. The molecule has 0 aromatic rings. The number of Topliss-reactive ketones (excluding diaryl/α,β-unsaturated/α-hetero) is 1. The Hall–Kier alpha value is -0.450. The highest BCUT2D eigenvalue weighted by Gasteiger charge is 2.83. The number of epoxide rings is 1. The van der Waals surface area contributed by atoms with Crippen LogP contribution in [-0.4, -0.2) is 36.5 Å². The number of ether oxygens (including phenoxy) is 3. The molecule has 11 unspecified atom stereocenters. The molecule has 2 heterocycles. The summed E-state index contributed by atoms with van der Waals surface area (Å²) in [5.41, 5.74) is 1.21. The SMILES string of the molecule is COC1(C2OC2(C)C)CC(C)C2C(CC3(C)C4CCC5C(C)(C)C(=O)CCC56CC46CCC23C)O1. The number of hydrogen-bond donors (Lipinski definition) is 0. The van der Waals surface area contributed by atoms with Crippen LogP contribution in [0.15, 0.2) is 0 Å². The number of rotatable bonds is 2. The van der Waals surface area contributed by atoms with Crippen LogP contribution >= 0.6 is 0 Å². The molecule has 2 spiro atoms. The first-order chi connectivity index (χ1) is 16.2. The zero-order valence-electron chi connectivity index (χ0n) is 23.5. The fourth-order valence-electron chi connectivity index (χ4n) is 12.5. The average molecular weight is 485 g/mol. The molecule has 0 bridgehead atoms. The Bertz CT molecular complexity index is 986. The maximum Gasteiger partial charge on any atom is 0.197 e. The van der Waals surface area contributed by atoms with Gasteiger partial charge >= 0.3 is 0 Å². The monoisotopic (exact) mass is 484 g/mol. The summed E-state index contributed by atoms with van der Waals surface area (Å²) in [6, 6.07) is 0. The van der Waals surface area contributed by atoms with E-state index in [4.69, 9.17) is 14.2 Å². The predicted octanol–water partition coefficient (Wildman–Crippen LogP) is 6.55. The van der Waals surface area contributed by atoms with Crippen molar-refractivity contribution in [3.63, 3.8) is 0 Å². The van der Waals surface area contributed by atoms with E-state index in [1.165, 1.54) is 32.1 Å². The van der Waals surface area contributed by atoms with Crippen molar-refractivity contribution in [2.45, 2.75) is 130 Å². The maximum absolute atomic E-state index is 12.9. The van der Waals surface area contributed by atoms with E-state index in [1.54, 1.807) is 0 Å². The van der Waals surface area contributed by atoms with Crippen LogP contribution in [0.2, 0.25) is 0 Å². The standard InChI is InChI=1S/C31H48O4/c1-18-15-31(33-8,24-26(4,5)35-24)34-19-16-28(7)21-10-9-20-25(2,3)22(32)11-12-29(20)17-30(21,29)14-13-27(28,6)23(18)19/h18-21,23-24H,9-17H2,1-8H3. The fourth-order valence-corrected chi connectivity index (χ4v) is 12.5. The fraction of sp³-hybridized carbons (Fsp3) is 0.968. The average Bonchev–Trinajstić information content (AvgIpc) is 3.62. The van der Waals surface area contributed by atoms with Gasteiger partial charge in [0.1, 0.15) is 11.9 Å². The number of hydrogen-bond acceptors (Lipinski definition) is 4. The van der Waals surface area contributed by atoms with Crippen molar-refractivity contribution in [3.05, 3.63) is 0 Å². The zero-order valence-corrected chi connectivity index (χ0v) is 23.5. The van der Waals surface area contributed by atoms with Crippen LogP contribution in [0, 0.1) is 50.7 Å². The molecule has 7 rings (SSSR count). The molecule has 0 aromatic heterocycles. The molecule has 0 amide bonds. The minimum Gasteiger partial charge on any atom is -0.361 e. The molecule has 4 nitrogen and oxygen atoms in total. The molecule has 2 aliphatic heterocycles. The van der Waals surface area contributed by atoms with Gasteiger partial charge in [0.05, 0.1) is 11.7 Å². The lowest BCUT2D eigenvalue weighted by Crippen LogP contribution is -2.58. The van der Waals surface area contributed by atoms with E-state index in [9.17, 15) is 4.79 Å². The number of ketones is 1. The second-order valence-electron chi connectivity index (χ2n) is 15.8. The first kappa shape index (κ1) is 23.7. The lowest BCUT2D eigenvalue weighted by atomic mass is 9.42. The summed E-state index contributed by atoms with van der Waals surface area (Å²) in [6.07, 6.45) is 11.0. The van der Waals surface area contributed by atoms with Crippen molar-refractivity contribution in [1.29, 1.82) is 0 Å². The van der Waals surface area contributed by atoms with E-state index in [1.807, 2.05) is 7.11 Å². The van der Waals surface area contributed by atoms with Crippen LogP contribution < -0.4 is 0 Å². The minimum atomic E-state index is -0.603. The second-order valence-corrected chi connectivity index (χ2v) is 15.8. The summed E-state index contributed by atoms with van der Waals surface area (Å²) < 4.78 is 19.4. The molecule has 196 valence electrons. The molecule has 11 atom stereocenters. The van der Waals surface area contributed by atoms with Crippen LogP contribution in [0.25, 0.3) is 0 Å². The molecule has 5 saturated carbocycles. The summed E-state index contributed by atoms with van der Waals surface area (Å²) in [7, 11) is 1.83. The van der Waals surface area contributed by atoms with Crippen molar-refractivity contribution in [2.24, 2.45) is 50.7 Å². The van der Waals surface area contributed by atoms with Crippen molar-refractivity contribution in [1.82, 2.24) is 0 Å². The summed E-state index contributed by atoms with van der Waals surface area (Å²) >= 11 is 0. The van der Waals surface area contributed by atoms with Crippen molar-refractivity contribution < 1.29 is 19.0 Å². The molecule has 4 heteroatoms. The molecular formula is C31H48O4. The van der Waals surface area contributed by atoms with E-state index in [0.717, 1.165) is 31.6 Å². The summed E-state index contributed by atoms with van der Waals surface area (Å²) in [6.45, 7) is 16.6. The van der Waals surface area contributed by atoms with Gasteiger partial charge in [-0.25, -0.2) is 0 Å². The molecule has 5 aliphatic carbocycles.